The molecule has 138 valence electrons. The number of Topliss-reactive ketones (excluding diaryl/α,β-unsaturated/α-hetero) is 1. The summed E-state index contributed by atoms with van der Waals surface area (Å²) in [5.74, 6) is -0.455. The Morgan fingerprint density at radius 2 is 1.54 bits per heavy atom. The van der Waals surface area contributed by atoms with Gasteiger partial charge in [0.2, 0.25) is 15.9 Å². The molecule has 0 fully saturated rings. The second-order valence-corrected chi connectivity index (χ2v) is 7.86. The van der Waals surface area contributed by atoms with Crippen LogP contribution in [-0.4, -0.2) is 44.6 Å². The molecule has 0 spiro atoms. The third-order valence-electron chi connectivity index (χ3n) is 4.01. The van der Waals surface area contributed by atoms with Gasteiger partial charge in [-0.05, 0) is 38.1 Å². The van der Waals surface area contributed by atoms with Crippen LogP contribution in [0.1, 0.15) is 24.2 Å². The molecule has 0 atom stereocenters. The number of carbonyl (C=O) groups excluding carboxylic acids is 2. The first-order valence-corrected chi connectivity index (χ1v) is 9.64. The van der Waals surface area contributed by atoms with E-state index >= 15 is 0 Å². The Morgan fingerprint density at radius 1 is 0.962 bits per heavy atom. The summed E-state index contributed by atoms with van der Waals surface area (Å²) in [5, 5.41) is 0. The largest absolute Gasteiger partial charge is 0.312 e. The monoisotopic (exact) mass is 374 g/mol. The van der Waals surface area contributed by atoms with Gasteiger partial charge in [0.05, 0.1) is 11.4 Å². The van der Waals surface area contributed by atoms with Gasteiger partial charge in [-0.3, -0.25) is 9.59 Å². The molecular weight excluding hydrogens is 352 g/mol. The van der Waals surface area contributed by atoms with Crippen molar-refractivity contribution in [3.8, 4) is 0 Å². The highest BCUT2D eigenvalue weighted by Gasteiger charge is 2.25. The van der Waals surface area contributed by atoms with Crippen LogP contribution in [0.5, 0.6) is 0 Å². The van der Waals surface area contributed by atoms with Gasteiger partial charge in [-0.1, -0.05) is 30.3 Å². The smallest absolute Gasteiger partial charge is 0.243 e. The molecule has 0 heterocycles. The van der Waals surface area contributed by atoms with Crippen molar-refractivity contribution in [2.75, 3.05) is 25.0 Å². The molecule has 0 aliphatic rings. The third-order valence-corrected chi connectivity index (χ3v) is 5.83. The Bertz CT molecular complexity index is 878. The van der Waals surface area contributed by atoms with E-state index in [-0.39, 0.29) is 23.1 Å². The fourth-order valence-corrected chi connectivity index (χ4v) is 3.63. The van der Waals surface area contributed by atoms with Gasteiger partial charge in [0.1, 0.15) is 0 Å². The number of hydrogen-bond donors (Lipinski definition) is 0. The summed E-state index contributed by atoms with van der Waals surface area (Å²) in [4.78, 5) is 25.5. The number of rotatable bonds is 7. The Labute approximate surface area is 154 Å². The van der Waals surface area contributed by atoms with Gasteiger partial charge in [-0.15, -0.1) is 0 Å². The molecule has 2 rings (SSSR count). The van der Waals surface area contributed by atoms with Crippen LogP contribution in [0.2, 0.25) is 0 Å². The van der Waals surface area contributed by atoms with Crippen LogP contribution in [0.4, 0.5) is 5.69 Å². The van der Waals surface area contributed by atoms with E-state index in [1.165, 1.54) is 43.1 Å². The summed E-state index contributed by atoms with van der Waals surface area (Å²) < 4.78 is 26.4. The van der Waals surface area contributed by atoms with E-state index in [1.54, 1.807) is 12.1 Å². The van der Waals surface area contributed by atoms with Crippen LogP contribution < -0.4 is 4.90 Å². The van der Waals surface area contributed by atoms with E-state index in [0.29, 0.717) is 12.1 Å². The number of anilines is 1. The van der Waals surface area contributed by atoms with Crippen molar-refractivity contribution in [2.24, 2.45) is 0 Å². The predicted octanol–water partition coefficient (Wildman–Crippen LogP) is 2.56. The minimum atomic E-state index is -3.83. The fraction of sp³-hybridized carbons (Fsp3) is 0.263. The molecule has 0 bridgehead atoms. The fourth-order valence-electron chi connectivity index (χ4n) is 2.51. The van der Waals surface area contributed by atoms with Gasteiger partial charge in [0, 0.05) is 24.8 Å². The zero-order chi connectivity index (χ0) is 19.3. The molecule has 0 saturated heterocycles. The van der Waals surface area contributed by atoms with E-state index in [1.807, 2.05) is 25.1 Å². The zero-order valence-corrected chi connectivity index (χ0v) is 15.9. The van der Waals surface area contributed by atoms with Crippen molar-refractivity contribution in [3.05, 3.63) is 60.2 Å². The summed E-state index contributed by atoms with van der Waals surface area (Å²) in [5.41, 5.74) is 1.15. The third kappa shape index (κ3) is 4.36. The maximum atomic E-state index is 12.7. The number of nitrogens with zero attached hydrogens (tertiary/aromatic N) is 2. The number of sulfonamides is 1. The number of carbonyl (C=O) groups is 2. The van der Waals surface area contributed by atoms with Gasteiger partial charge < -0.3 is 4.90 Å². The second kappa shape index (κ2) is 8.25. The lowest BCUT2D eigenvalue weighted by atomic mass is 10.2. The van der Waals surface area contributed by atoms with Crippen LogP contribution in [0, 0.1) is 0 Å². The van der Waals surface area contributed by atoms with Crippen LogP contribution in [0.3, 0.4) is 0 Å². The van der Waals surface area contributed by atoms with Gasteiger partial charge in [-0.25, -0.2) is 8.42 Å². The molecule has 0 N–H and O–H groups in total. The first kappa shape index (κ1) is 19.8. The van der Waals surface area contributed by atoms with E-state index in [9.17, 15) is 18.0 Å². The summed E-state index contributed by atoms with van der Waals surface area (Å²) in [6.07, 6.45) is 0. The number of ketones is 1. The molecule has 1 amide bonds. The lowest BCUT2D eigenvalue weighted by Gasteiger charge is -2.24. The highest BCUT2D eigenvalue weighted by Crippen LogP contribution is 2.17. The second-order valence-electron chi connectivity index (χ2n) is 5.82. The summed E-state index contributed by atoms with van der Waals surface area (Å²) in [7, 11) is -2.46. The van der Waals surface area contributed by atoms with Crippen molar-refractivity contribution in [1.82, 2.24) is 4.31 Å². The molecule has 26 heavy (non-hydrogen) atoms. The molecule has 0 aliphatic carbocycles. The Kier molecular flexibility index (Phi) is 6.28. The van der Waals surface area contributed by atoms with Gasteiger partial charge >= 0.3 is 0 Å². The van der Waals surface area contributed by atoms with Gasteiger partial charge in [0.15, 0.2) is 5.78 Å². The minimum absolute atomic E-state index is 0.0422. The molecule has 7 heteroatoms. The van der Waals surface area contributed by atoms with Crippen molar-refractivity contribution in [3.63, 3.8) is 0 Å². The van der Waals surface area contributed by atoms with Crippen molar-refractivity contribution in [1.29, 1.82) is 0 Å². The minimum Gasteiger partial charge on any atom is -0.312 e. The normalized spacial score (nSPS) is 11.4. The first-order valence-electron chi connectivity index (χ1n) is 8.20. The number of likely N-dealkylation sites (N-methyl/N-ethyl adjacent to an activating group) is 2. The van der Waals surface area contributed by atoms with Crippen molar-refractivity contribution >= 4 is 27.4 Å². The lowest BCUT2D eigenvalue weighted by Crippen LogP contribution is -2.41. The SMILES string of the molecule is CCN(C(=O)CN(C)S(=O)(=O)c1ccc(C(C)=O)cc1)c1ccccc1. The Balaban J connectivity index is 2.17. The van der Waals surface area contributed by atoms with Crippen LogP contribution in [0.25, 0.3) is 0 Å². The number of benzene rings is 2. The molecule has 2 aromatic rings. The Morgan fingerprint density at radius 3 is 2.04 bits per heavy atom. The van der Waals surface area contributed by atoms with Crippen molar-refractivity contribution < 1.29 is 18.0 Å². The van der Waals surface area contributed by atoms with Gasteiger partial charge in [0.25, 0.3) is 0 Å². The number of hydrogen-bond acceptors (Lipinski definition) is 4. The van der Waals surface area contributed by atoms with E-state index in [2.05, 4.69) is 0 Å². The molecule has 0 aliphatic heterocycles. The summed E-state index contributed by atoms with van der Waals surface area (Å²) >= 11 is 0. The molecule has 0 radical (unpaired) electrons. The number of amides is 1. The molecular formula is C19H22N2O4S. The van der Waals surface area contributed by atoms with E-state index < -0.39 is 10.0 Å². The summed E-state index contributed by atoms with van der Waals surface area (Å²) in [6.45, 7) is 3.40. The molecule has 0 saturated carbocycles. The van der Waals surface area contributed by atoms with Crippen molar-refractivity contribution in [2.45, 2.75) is 18.7 Å². The topological polar surface area (TPSA) is 74.8 Å². The average Bonchev–Trinajstić information content (AvgIpc) is 2.63. The zero-order valence-electron chi connectivity index (χ0n) is 15.0. The van der Waals surface area contributed by atoms with Crippen LogP contribution >= 0.6 is 0 Å². The Hall–Kier alpha value is -2.51. The quantitative estimate of drug-likeness (QED) is 0.698. The lowest BCUT2D eigenvalue weighted by molar-refractivity contribution is -0.118. The van der Waals surface area contributed by atoms with Crippen LogP contribution in [0.15, 0.2) is 59.5 Å². The molecule has 2 aromatic carbocycles. The predicted molar refractivity (Wildman–Crippen MR) is 101 cm³/mol. The van der Waals surface area contributed by atoms with E-state index in [4.69, 9.17) is 0 Å². The van der Waals surface area contributed by atoms with Gasteiger partial charge in [-0.2, -0.15) is 4.31 Å². The molecule has 6 nitrogen and oxygen atoms in total. The first-order chi connectivity index (χ1) is 12.3. The summed E-state index contributed by atoms with van der Waals surface area (Å²) in [6, 6.07) is 14.8. The maximum absolute atomic E-state index is 12.7. The number of para-hydroxylation sites is 1. The van der Waals surface area contributed by atoms with Crippen LogP contribution in [-0.2, 0) is 14.8 Å². The maximum Gasteiger partial charge on any atom is 0.243 e. The molecule has 0 unspecified atom stereocenters. The average molecular weight is 374 g/mol. The highest BCUT2D eigenvalue weighted by molar-refractivity contribution is 7.89. The molecule has 0 aromatic heterocycles. The highest BCUT2D eigenvalue weighted by atomic mass is 32.2. The van der Waals surface area contributed by atoms with E-state index in [0.717, 1.165) is 9.99 Å². The standard InChI is InChI=1S/C19H22N2O4S/c1-4-21(17-8-6-5-7-9-17)19(23)14-20(3)26(24,25)18-12-10-16(11-13-18)15(2)22/h5-13H,4,14H2,1-3H3.